The highest BCUT2D eigenvalue weighted by Gasteiger charge is 2.35. The molecule has 7 heteroatoms. The van der Waals surface area contributed by atoms with Crippen LogP contribution in [-0.4, -0.2) is 48.2 Å². The first-order valence-electron chi connectivity index (χ1n) is 6.81. The Morgan fingerprint density at radius 1 is 1.42 bits per heavy atom. The Labute approximate surface area is 113 Å². The summed E-state index contributed by atoms with van der Waals surface area (Å²) >= 11 is 0. The van der Waals surface area contributed by atoms with E-state index in [0.717, 1.165) is 19.4 Å². The highest BCUT2D eigenvalue weighted by atomic mass is 32.2. The van der Waals surface area contributed by atoms with Gasteiger partial charge in [-0.2, -0.15) is 9.40 Å². The van der Waals surface area contributed by atoms with Crippen molar-refractivity contribution in [2.45, 2.75) is 49.2 Å². The second-order valence-corrected chi connectivity index (χ2v) is 7.42. The van der Waals surface area contributed by atoms with Gasteiger partial charge >= 0.3 is 0 Å². The van der Waals surface area contributed by atoms with E-state index in [9.17, 15) is 8.42 Å². The SMILES string of the molecule is CN(C1CC1)S(=O)(=O)c1cnn(CCNC2CC2)c1. The molecule has 0 radical (unpaired) electrons. The van der Waals surface area contributed by atoms with Crippen molar-refractivity contribution >= 4 is 10.0 Å². The molecule has 6 nitrogen and oxygen atoms in total. The molecular formula is C12H20N4O2S. The fourth-order valence-corrected chi connectivity index (χ4v) is 3.44. The van der Waals surface area contributed by atoms with Gasteiger partial charge in [-0.1, -0.05) is 0 Å². The summed E-state index contributed by atoms with van der Waals surface area (Å²) in [6.45, 7) is 1.55. The quantitative estimate of drug-likeness (QED) is 0.788. The number of hydrogen-bond acceptors (Lipinski definition) is 4. The lowest BCUT2D eigenvalue weighted by Gasteiger charge is -2.14. The maximum atomic E-state index is 12.3. The highest BCUT2D eigenvalue weighted by Crippen LogP contribution is 2.30. The minimum absolute atomic E-state index is 0.185. The van der Waals surface area contributed by atoms with E-state index in [4.69, 9.17) is 0 Å². The van der Waals surface area contributed by atoms with Gasteiger partial charge in [0.25, 0.3) is 0 Å². The molecule has 2 saturated carbocycles. The van der Waals surface area contributed by atoms with Crippen molar-refractivity contribution in [3.63, 3.8) is 0 Å². The molecule has 0 unspecified atom stereocenters. The van der Waals surface area contributed by atoms with Crippen molar-refractivity contribution in [1.82, 2.24) is 19.4 Å². The number of hydrogen-bond donors (Lipinski definition) is 1. The topological polar surface area (TPSA) is 67.2 Å². The normalized spacial score (nSPS) is 20.1. The molecule has 106 valence electrons. The second kappa shape index (κ2) is 4.88. The molecule has 2 fully saturated rings. The third-order valence-corrected chi connectivity index (χ3v) is 5.56. The van der Waals surface area contributed by atoms with E-state index in [-0.39, 0.29) is 6.04 Å². The van der Waals surface area contributed by atoms with Gasteiger partial charge in [0.05, 0.1) is 12.7 Å². The molecule has 1 N–H and O–H groups in total. The van der Waals surface area contributed by atoms with Gasteiger partial charge in [-0.05, 0) is 25.7 Å². The van der Waals surface area contributed by atoms with Crippen LogP contribution >= 0.6 is 0 Å². The lowest BCUT2D eigenvalue weighted by Crippen LogP contribution is -2.28. The lowest BCUT2D eigenvalue weighted by molar-refractivity contribution is 0.464. The molecule has 0 spiro atoms. The predicted molar refractivity (Wildman–Crippen MR) is 71.2 cm³/mol. The van der Waals surface area contributed by atoms with Crippen LogP contribution in [0, 0.1) is 0 Å². The average molecular weight is 284 g/mol. The predicted octanol–water partition coefficient (Wildman–Crippen LogP) is 0.418. The fourth-order valence-electron chi connectivity index (χ4n) is 2.07. The van der Waals surface area contributed by atoms with Gasteiger partial charge in [-0.15, -0.1) is 0 Å². The van der Waals surface area contributed by atoms with Crippen molar-refractivity contribution in [2.24, 2.45) is 0 Å². The molecule has 0 aromatic carbocycles. The summed E-state index contributed by atoms with van der Waals surface area (Å²) in [4.78, 5) is 0.299. The van der Waals surface area contributed by atoms with Crippen molar-refractivity contribution in [2.75, 3.05) is 13.6 Å². The number of nitrogens with zero attached hydrogens (tertiary/aromatic N) is 3. The van der Waals surface area contributed by atoms with E-state index >= 15 is 0 Å². The van der Waals surface area contributed by atoms with Gasteiger partial charge in [-0.3, -0.25) is 4.68 Å². The van der Waals surface area contributed by atoms with E-state index < -0.39 is 10.0 Å². The van der Waals surface area contributed by atoms with Gasteiger partial charge in [0, 0.05) is 31.9 Å². The van der Waals surface area contributed by atoms with Crippen LogP contribution in [0.5, 0.6) is 0 Å². The zero-order valence-electron chi connectivity index (χ0n) is 11.1. The molecular weight excluding hydrogens is 264 g/mol. The van der Waals surface area contributed by atoms with Gasteiger partial charge in [0.15, 0.2) is 0 Å². The Morgan fingerprint density at radius 2 is 2.16 bits per heavy atom. The van der Waals surface area contributed by atoms with Crippen molar-refractivity contribution in [3.05, 3.63) is 12.4 Å². The van der Waals surface area contributed by atoms with Gasteiger partial charge < -0.3 is 5.32 Å². The summed E-state index contributed by atoms with van der Waals surface area (Å²) < 4.78 is 27.7. The molecule has 0 amide bonds. The average Bonchev–Trinajstić information content (AvgIpc) is 3.28. The zero-order chi connectivity index (χ0) is 13.5. The second-order valence-electron chi connectivity index (χ2n) is 5.42. The Hall–Kier alpha value is -0.920. The largest absolute Gasteiger partial charge is 0.312 e. The Kier molecular flexibility index (Phi) is 3.36. The van der Waals surface area contributed by atoms with E-state index in [1.807, 2.05) is 0 Å². The Bertz CT molecular complexity index is 546. The minimum Gasteiger partial charge on any atom is -0.312 e. The summed E-state index contributed by atoms with van der Waals surface area (Å²) in [6.07, 6.45) is 7.52. The third-order valence-electron chi connectivity index (χ3n) is 3.70. The molecule has 1 aromatic rings. The standard InChI is InChI=1S/C12H20N4O2S/c1-15(11-4-5-11)19(17,18)12-8-14-16(9-12)7-6-13-10-2-3-10/h8-11,13H,2-7H2,1H3. The van der Waals surface area contributed by atoms with Gasteiger partial charge in [0.2, 0.25) is 10.0 Å². The van der Waals surface area contributed by atoms with E-state index in [2.05, 4.69) is 10.4 Å². The number of sulfonamides is 1. The maximum Gasteiger partial charge on any atom is 0.246 e. The summed E-state index contributed by atoms with van der Waals surface area (Å²) in [7, 11) is -1.70. The van der Waals surface area contributed by atoms with Crippen molar-refractivity contribution in [3.8, 4) is 0 Å². The van der Waals surface area contributed by atoms with E-state index in [1.54, 1.807) is 17.9 Å². The molecule has 2 aliphatic rings. The van der Waals surface area contributed by atoms with Gasteiger partial charge in [-0.25, -0.2) is 8.42 Å². The summed E-state index contributed by atoms with van der Waals surface area (Å²) in [5, 5.41) is 7.52. The van der Waals surface area contributed by atoms with Crippen LogP contribution in [0.4, 0.5) is 0 Å². The minimum atomic E-state index is -3.35. The maximum absolute atomic E-state index is 12.3. The Morgan fingerprint density at radius 3 is 2.79 bits per heavy atom. The van der Waals surface area contributed by atoms with Gasteiger partial charge in [0.1, 0.15) is 4.90 Å². The van der Waals surface area contributed by atoms with Crippen LogP contribution in [-0.2, 0) is 16.6 Å². The fraction of sp³-hybridized carbons (Fsp3) is 0.750. The van der Waals surface area contributed by atoms with E-state index in [0.29, 0.717) is 17.5 Å². The number of aromatic nitrogens is 2. The molecule has 0 saturated heterocycles. The van der Waals surface area contributed by atoms with Crippen LogP contribution in [0.15, 0.2) is 17.3 Å². The monoisotopic (exact) mass is 284 g/mol. The van der Waals surface area contributed by atoms with Crippen LogP contribution in [0.25, 0.3) is 0 Å². The van der Waals surface area contributed by atoms with Crippen LogP contribution in [0.2, 0.25) is 0 Å². The molecule has 2 aliphatic carbocycles. The highest BCUT2D eigenvalue weighted by molar-refractivity contribution is 7.89. The molecule has 1 aromatic heterocycles. The molecule has 1 heterocycles. The molecule has 3 rings (SSSR count). The van der Waals surface area contributed by atoms with Crippen molar-refractivity contribution < 1.29 is 8.42 Å². The molecule has 19 heavy (non-hydrogen) atoms. The Balaban J connectivity index is 1.62. The van der Waals surface area contributed by atoms with Crippen LogP contribution in [0.3, 0.4) is 0 Å². The zero-order valence-corrected chi connectivity index (χ0v) is 11.9. The molecule has 0 aliphatic heterocycles. The molecule has 0 bridgehead atoms. The summed E-state index contributed by atoms with van der Waals surface area (Å²) in [6, 6.07) is 0.852. The van der Waals surface area contributed by atoms with Crippen LogP contribution < -0.4 is 5.32 Å². The lowest BCUT2D eigenvalue weighted by atomic mass is 10.6. The third kappa shape index (κ3) is 2.98. The first-order chi connectivity index (χ1) is 9.07. The first-order valence-corrected chi connectivity index (χ1v) is 8.25. The summed E-state index contributed by atoms with van der Waals surface area (Å²) in [5.74, 6) is 0. The summed E-state index contributed by atoms with van der Waals surface area (Å²) in [5.41, 5.74) is 0. The number of rotatable bonds is 7. The first kappa shape index (κ1) is 13.1. The number of nitrogens with one attached hydrogen (secondary N) is 1. The van der Waals surface area contributed by atoms with Crippen LogP contribution in [0.1, 0.15) is 25.7 Å². The van der Waals surface area contributed by atoms with Crippen molar-refractivity contribution in [1.29, 1.82) is 0 Å². The van der Waals surface area contributed by atoms with E-state index in [1.165, 1.54) is 23.3 Å². The molecule has 0 atom stereocenters. The smallest absolute Gasteiger partial charge is 0.246 e.